The molecule has 1 heterocycles. The van der Waals surface area contributed by atoms with Crippen LogP contribution >= 0.6 is 0 Å². The maximum Gasteiger partial charge on any atom is 0.112 e. The van der Waals surface area contributed by atoms with Crippen LogP contribution in [0.1, 0.15) is 0 Å². The third-order valence-electron chi connectivity index (χ3n) is 1.81. The number of nitrogens with zero attached hydrogens (tertiary/aromatic N) is 2. The van der Waals surface area contributed by atoms with Gasteiger partial charge in [-0.3, -0.25) is 0 Å². The number of ether oxygens (including phenoxy) is 1. The largest absolute Gasteiger partial charge is 0.363 e. The lowest BCUT2D eigenvalue weighted by atomic mass is 10.5. The van der Waals surface area contributed by atoms with Crippen LogP contribution in [-0.4, -0.2) is 43.0 Å². The molecule has 0 aromatic heterocycles. The summed E-state index contributed by atoms with van der Waals surface area (Å²) >= 11 is 0. The fraction of sp³-hybridized carbons (Fsp3) is 0.556. The van der Waals surface area contributed by atoms with E-state index in [4.69, 9.17) is 4.74 Å². The van der Waals surface area contributed by atoms with Crippen molar-refractivity contribution in [3.05, 3.63) is 25.3 Å². The van der Waals surface area contributed by atoms with Crippen LogP contribution in [0.3, 0.4) is 0 Å². The Balaban J connectivity index is 2.38. The molecule has 0 N–H and O–H groups in total. The molecule has 1 rings (SSSR count). The third-order valence-corrected chi connectivity index (χ3v) is 1.81. The van der Waals surface area contributed by atoms with Gasteiger partial charge >= 0.3 is 0 Å². The second-order valence-corrected chi connectivity index (χ2v) is 2.72. The first kappa shape index (κ1) is 9.45. The minimum absolute atomic E-state index is 0.696. The van der Waals surface area contributed by atoms with Gasteiger partial charge in [0.05, 0.1) is 6.61 Å². The minimum atomic E-state index is 0.696. The van der Waals surface area contributed by atoms with E-state index in [1.807, 2.05) is 12.2 Å². The lowest BCUT2D eigenvalue weighted by Gasteiger charge is -2.27. The van der Waals surface area contributed by atoms with Crippen LogP contribution in [0.4, 0.5) is 0 Å². The van der Waals surface area contributed by atoms with E-state index in [-0.39, 0.29) is 0 Å². The van der Waals surface area contributed by atoms with Crippen molar-refractivity contribution in [1.29, 1.82) is 0 Å². The van der Waals surface area contributed by atoms with Gasteiger partial charge in [-0.05, 0) is 0 Å². The van der Waals surface area contributed by atoms with Crippen LogP contribution in [0, 0.1) is 0 Å². The van der Waals surface area contributed by atoms with Gasteiger partial charge in [0.1, 0.15) is 6.73 Å². The number of hydrogen-bond acceptors (Lipinski definition) is 3. The van der Waals surface area contributed by atoms with Gasteiger partial charge in [-0.1, -0.05) is 12.2 Å². The molecule has 0 aromatic carbocycles. The Morgan fingerprint density at radius 1 is 1.33 bits per heavy atom. The van der Waals surface area contributed by atoms with Crippen LogP contribution in [0.25, 0.3) is 0 Å². The van der Waals surface area contributed by atoms with E-state index >= 15 is 0 Å². The molecule has 0 aromatic rings. The quantitative estimate of drug-likeness (QED) is 0.566. The highest BCUT2D eigenvalue weighted by Gasteiger charge is 2.17. The van der Waals surface area contributed by atoms with E-state index in [0.717, 1.165) is 26.2 Å². The molecule has 1 fully saturated rings. The molecule has 1 aliphatic heterocycles. The average Bonchev–Trinajstić information content (AvgIpc) is 2.56. The van der Waals surface area contributed by atoms with Crippen molar-refractivity contribution in [3.8, 4) is 0 Å². The molecule has 0 spiro atoms. The van der Waals surface area contributed by atoms with Crippen molar-refractivity contribution >= 4 is 0 Å². The third kappa shape index (κ3) is 2.44. The molecule has 0 aliphatic carbocycles. The first-order valence-corrected chi connectivity index (χ1v) is 4.18. The zero-order valence-corrected chi connectivity index (χ0v) is 7.41. The molecule has 0 unspecified atom stereocenters. The Morgan fingerprint density at radius 3 is 2.42 bits per heavy atom. The maximum atomic E-state index is 5.25. The SMILES string of the molecule is C=CCN(CC=C)N1CCOC1. The van der Waals surface area contributed by atoms with Crippen LogP contribution < -0.4 is 0 Å². The van der Waals surface area contributed by atoms with E-state index in [1.165, 1.54) is 0 Å². The van der Waals surface area contributed by atoms with Gasteiger partial charge in [0.2, 0.25) is 0 Å². The summed E-state index contributed by atoms with van der Waals surface area (Å²) in [5.41, 5.74) is 0. The standard InChI is InChI=1S/C9H16N2O/c1-3-5-10(6-4-2)11-7-8-12-9-11/h3-4H,1-2,5-9H2. The highest BCUT2D eigenvalue weighted by atomic mass is 16.5. The van der Waals surface area contributed by atoms with Gasteiger partial charge in [0.25, 0.3) is 0 Å². The van der Waals surface area contributed by atoms with Crippen LogP contribution in [-0.2, 0) is 4.74 Å². The molecule has 12 heavy (non-hydrogen) atoms. The highest BCUT2D eigenvalue weighted by Crippen LogP contribution is 2.04. The maximum absolute atomic E-state index is 5.25. The molecule has 1 saturated heterocycles. The molecule has 0 atom stereocenters. The van der Waals surface area contributed by atoms with Gasteiger partial charge < -0.3 is 4.74 Å². The first-order valence-electron chi connectivity index (χ1n) is 4.18. The predicted octanol–water partition coefficient (Wildman–Crippen LogP) is 0.865. The Morgan fingerprint density at radius 2 is 2.00 bits per heavy atom. The van der Waals surface area contributed by atoms with E-state index < -0.39 is 0 Å². The second kappa shape index (κ2) is 5.09. The summed E-state index contributed by atoms with van der Waals surface area (Å²) in [6.07, 6.45) is 3.78. The smallest absolute Gasteiger partial charge is 0.112 e. The topological polar surface area (TPSA) is 15.7 Å². The molecule has 3 nitrogen and oxygen atoms in total. The van der Waals surface area contributed by atoms with Crippen LogP contribution in [0.2, 0.25) is 0 Å². The number of hydrogen-bond donors (Lipinski definition) is 0. The Kier molecular flexibility index (Phi) is 4.00. The monoisotopic (exact) mass is 168 g/mol. The summed E-state index contributed by atoms with van der Waals surface area (Å²) in [6, 6.07) is 0. The lowest BCUT2D eigenvalue weighted by Crippen LogP contribution is -2.41. The Labute approximate surface area is 73.9 Å². The molecule has 68 valence electrons. The summed E-state index contributed by atoms with van der Waals surface area (Å²) in [4.78, 5) is 0. The van der Waals surface area contributed by atoms with Gasteiger partial charge in [-0.2, -0.15) is 0 Å². The molecular weight excluding hydrogens is 152 g/mol. The normalized spacial score (nSPS) is 18.4. The summed E-state index contributed by atoms with van der Waals surface area (Å²) < 4.78 is 5.25. The molecule has 0 bridgehead atoms. The highest BCUT2D eigenvalue weighted by molar-refractivity contribution is 4.78. The Bertz CT molecular complexity index is 143. The van der Waals surface area contributed by atoms with Crippen LogP contribution in [0.15, 0.2) is 25.3 Å². The van der Waals surface area contributed by atoms with E-state index in [1.54, 1.807) is 0 Å². The van der Waals surface area contributed by atoms with Crippen molar-refractivity contribution in [3.63, 3.8) is 0 Å². The van der Waals surface area contributed by atoms with Crippen LogP contribution in [0.5, 0.6) is 0 Å². The summed E-state index contributed by atoms with van der Waals surface area (Å²) in [5.74, 6) is 0. The van der Waals surface area contributed by atoms with Crippen molar-refractivity contribution in [2.24, 2.45) is 0 Å². The van der Waals surface area contributed by atoms with Crippen molar-refractivity contribution < 1.29 is 4.74 Å². The van der Waals surface area contributed by atoms with Gasteiger partial charge in [-0.25, -0.2) is 10.0 Å². The van der Waals surface area contributed by atoms with E-state index in [0.29, 0.717) is 6.73 Å². The summed E-state index contributed by atoms with van der Waals surface area (Å²) in [6.45, 7) is 11.6. The molecule has 1 aliphatic rings. The average molecular weight is 168 g/mol. The molecule has 0 radical (unpaired) electrons. The van der Waals surface area contributed by atoms with Crippen molar-refractivity contribution in [2.75, 3.05) is 33.0 Å². The fourth-order valence-corrected chi connectivity index (χ4v) is 1.23. The van der Waals surface area contributed by atoms with Gasteiger partial charge in [0, 0.05) is 19.6 Å². The summed E-state index contributed by atoms with van der Waals surface area (Å²) in [5, 5.41) is 4.34. The van der Waals surface area contributed by atoms with E-state index in [9.17, 15) is 0 Å². The first-order chi connectivity index (χ1) is 5.88. The molecule has 0 amide bonds. The minimum Gasteiger partial charge on any atom is -0.363 e. The second-order valence-electron chi connectivity index (χ2n) is 2.72. The lowest BCUT2D eigenvalue weighted by molar-refractivity contribution is -0.0196. The van der Waals surface area contributed by atoms with Crippen molar-refractivity contribution in [2.45, 2.75) is 0 Å². The van der Waals surface area contributed by atoms with Gasteiger partial charge in [-0.15, -0.1) is 13.2 Å². The number of hydrazine groups is 1. The number of rotatable bonds is 5. The van der Waals surface area contributed by atoms with Crippen molar-refractivity contribution in [1.82, 2.24) is 10.0 Å². The zero-order valence-electron chi connectivity index (χ0n) is 7.41. The predicted molar refractivity (Wildman–Crippen MR) is 49.5 cm³/mol. The molecule has 3 heteroatoms. The summed E-state index contributed by atoms with van der Waals surface area (Å²) in [7, 11) is 0. The molecular formula is C9H16N2O. The zero-order chi connectivity index (χ0) is 8.81. The van der Waals surface area contributed by atoms with E-state index in [2.05, 4.69) is 23.2 Å². The van der Waals surface area contributed by atoms with Gasteiger partial charge in [0.15, 0.2) is 0 Å². The molecule has 0 saturated carbocycles. The fourth-order valence-electron chi connectivity index (χ4n) is 1.23. The Hall–Kier alpha value is -0.640.